The van der Waals surface area contributed by atoms with E-state index in [1.54, 1.807) is 0 Å². The van der Waals surface area contributed by atoms with Crippen molar-refractivity contribution >= 4 is 0 Å². The molecule has 0 bridgehead atoms. The van der Waals surface area contributed by atoms with Gasteiger partial charge in [0.25, 0.3) is 0 Å². The van der Waals surface area contributed by atoms with Crippen molar-refractivity contribution in [1.29, 1.82) is 0 Å². The Labute approximate surface area is 183 Å². The van der Waals surface area contributed by atoms with Crippen LogP contribution in [0.4, 0.5) is 0 Å². The Morgan fingerprint density at radius 2 is 1.54 bits per heavy atom. The van der Waals surface area contributed by atoms with E-state index in [-0.39, 0.29) is 30.9 Å². The fourth-order valence-electron chi connectivity index (χ4n) is 4.28. The maximum atomic E-state index is 4.79. The monoisotopic (exact) mass is 547 g/mol. The van der Waals surface area contributed by atoms with Gasteiger partial charge in [0, 0.05) is 31.9 Å². The van der Waals surface area contributed by atoms with Crippen molar-refractivity contribution in [3.63, 3.8) is 0 Å². The molecule has 1 heterocycles. The molecule has 2 heteroatoms. The molecule has 3 aromatic rings. The van der Waals surface area contributed by atoms with Crippen LogP contribution in [0.5, 0.6) is 0 Å². The molecule has 0 N–H and O–H groups in total. The molecule has 0 amide bonds. The first-order valence-corrected chi connectivity index (χ1v) is 9.87. The van der Waals surface area contributed by atoms with Gasteiger partial charge in [0.15, 0.2) is 0 Å². The normalized spacial score (nSPS) is 16.8. The third kappa shape index (κ3) is 3.73. The third-order valence-electron chi connectivity index (χ3n) is 6.26. The van der Waals surface area contributed by atoms with Gasteiger partial charge in [-0.3, -0.25) is 0 Å². The van der Waals surface area contributed by atoms with Crippen molar-refractivity contribution in [3.05, 3.63) is 77.5 Å². The van der Waals surface area contributed by atoms with Crippen LogP contribution in [0, 0.1) is 13.0 Å². The van der Waals surface area contributed by atoms with Crippen LogP contribution < -0.4 is 0 Å². The van der Waals surface area contributed by atoms with Gasteiger partial charge in [0.05, 0.1) is 0 Å². The SMILES string of the molecule is Cc1cc(-c2[c-]cc3c(c2)C(C)(C)CCC3(C)C)ncc1-c1ccccc1.[Ir]. The summed E-state index contributed by atoms with van der Waals surface area (Å²) in [5.41, 5.74) is 9.09. The van der Waals surface area contributed by atoms with Crippen LogP contribution in [0.15, 0.2) is 54.7 Å². The summed E-state index contributed by atoms with van der Waals surface area (Å²) in [5, 5.41) is 0. The molecule has 1 aromatic heterocycles. The Morgan fingerprint density at radius 1 is 0.893 bits per heavy atom. The number of benzene rings is 2. The van der Waals surface area contributed by atoms with Crippen molar-refractivity contribution in [2.24, 2.45) is 0 Å². The number of pyridine rings is 1. The predicted molar refractivity (Wildman–Crippen MR) is 114 cm³/mol. The van der Waals surface area contributed by atoms with Gasteiger partial charge in [0.1, 0.15) is 0 Å². The van der Waals surface area contributed by atoms with E-state index in [1.807, 2.05) is 12.3 Å². The number of nitrogens with zero attached hydrogens (tertiary/aromatic N) is 1. The Kier molecular flexibility index (Phi) is 5.67. The number of rotatable bonds is 2. The average molecular weight is 547 g/mol. The molecule has 147 valence electrons. The first kappa shape index (κ1) is 21.0. The summed E-state index contributed by atoms with van der Waals surface area (Å²) in [6.07, 6.45) is 4.45. The number of aromatic nitrogens is 1. The Hall–Kier alpha value is -1.76. The molecule has 0 saturated heterocycles. The van der Waals surface area contributed by atoms with Crippen LogP contribution in [0.2, 0.25) is 0 Å². The van der Waals surface area contributed by atoms with E-state index in [9.17, 15) is 0 Å². The molecule has 2 aromatic carbocycles. The van der Waals surface area contributed by atoms with E-state index >= 15 is 0 Å². The smallest absolute Gasteiger partial charge is 0.0242 e. The van der Waals surface area contributed by atoms with Crippen LogP contribution in [0.1, 0.15) is 57.2 Å². The van der Waals surface area contributed by atoms with Crippen LogP contribution in [0.25, 0.3) is 22.4 Å². The summed E-state index contributed by atoms with van der Waals surface area (Å²) < 4.78 is 0. The molecule has 4 rings (SSSR count). The zero-order chi connectivity index (χ0) is 19.2. The molecule has 1 aliphatic carbocycles. The van der Waals surface area contributed by atoms with Gasteiger partial charge in [0.2, 0.25) is 0 Å². The summed E-state index contributed by atoms with van der Waals surface area (Å²) in [6, 6.07) is 20.7. The van der Waals surface area contributed by atoms with Gasteiger partial charge in [-0.05, 0) is 41.0 Å². The first-order chi connectivity index (χ1) is 12.8. The number of hydrogen-bond acceptors (Lipinski definition) is 1. The third-order valence-corrected chi connectivity index (χ3v) is 6.26. The number of fused-ring (bicyclic) bond motifs is 1. The quantitative estimate of drug-likeness (QED) is 0.320. The molecule has 1 nitrogen and oxygen atoms in total. The average Bonchev–Trinajstić information content (AvgIpc) is 2.66. The van der Waals surface area contributed by atoms with Gasteiger partial charge in [-0.1, -0.05) is 70.5 Å². The molecule has 0 atom stereocenters. The maximum absolute atomic E-state index is 4.79. The van der Waals surface area contributed by atoms with Gasteiger partial charge in [-0.2, -0.15) is 0 Å². The van der Waals surface area contributed by atoms with Gasteiger partial charge >= 0.3 is 0 Å². The summed E-state index contributed by atoms with van der Waals surface area (Å²) in [6.45, 7) is 11.6. The van der Waals surface area contributed by atoms with Crippen LogP contribution in [-0.4, -0.2) is 4.98 Å². The fraction of sp³-hybridized carbons (Fsp3) is 0.346. The Bertz CT molecular complexity index is 987. The molecule has 0 aliphatic heterocycles. The summed E-state index contributed by atoms with van der Waals surface area (Å²) in [4.78, 5) is 4.79. The standard InChI is InChI=1S/C26H28N.Ir/c1-18-15-24(27-17-21(18)19-9-7-6-8-10-19)20-11-12-22-23(16-20)26(4,5)14-13-25(22,2)3;/h6-10,12,15-17H,13-14H2,1-5H3;/q-1;. The van der Waals surface area contributed by atoms with E-state index in [2.05, 4.69) is 83.1 Å². The molecule has 0 spiro atoms. The second-order valence-corrected chi connectivity index (χ2v) is 9.19. The minimum Gasteiger partial charge on any atom is -0.304 e. The van der Waals surface area contributed by atoms with Crippen LogP contribution in [-0.2, 0) is 30.9 Å². The van der Waals surface area contributed by atoms with Gasteiger partial charge < -0.3 is 4.98 Å². The van der Waals surface area contributed by atoms with E-state index < -0.39 is 0 Å². The zero-order valence-electron chi connectivity index (χ0n) is 17.4. The van der Waals surface area contributed by atoms with Crippen molar-refractivity contribution in [2.75, 3.05) is 0 Å². The molecule has 0 unspecified atom stereocenters. The molecular formula is C26H28IrN-. The number of hydrogen-bond donors (Lipinski definition) is 0. The predicted octanol–water partition coefficient (Wildman–Crippen LogP) is 6.87. The molecule has 1 radical (unpaired) electrons. The second-order valence-electron chi connectivity index (χ2n) is 9.19. The Balaban J connectivity index is 0.00000225. The van der Waals surface area contributed by atoms with E-state index in [1.165, 1.54) is 40.7 Å². The van der Waals surface area contributed by atoms with Gasteiger partial charge in [-0.15, -0.1) is 34.9 Å². The van der Waals surface area contributed by atoms with E-state index in [0.717, 1.165) is 11.3 Å². The maximum Gasteiger partial charge on any atom is 0.0242 e. The zero-order valence-corrected chi connectivity index (χ0v) is 19.8. The van der Waals surface area contributed by atoms with E-state index in [4.69, 9.17) is 4.98 Å². The molecule has 28 heavy (non-hydrogen) atoms. The molecular weight excluding hydrogens is 519 g/mol. The van der Waals surface area contributed by atoms with E-state index in [0.29, 0.717) is 0 Å². The minimum absolute atomic E-state index is 0. The largest absolute Gasteiger partial charge is 0.304 e. The molecule has 1 aliphatic rings. The Morgan fingerprint density at radius 3 is 2.18 bits per heavy atom. The van der Waals surface area contributed by atoms with Crippen molar-refractivity contribution in [1.82, 2.24) is 4.98 Å². The number of aryl methyl sites for hydroxylation is 1. The fourth-order valence-corrected chi connectivity index (χ4v) is 4.28. The molecule has 0 saturated carbocycles. The van der Waals surface area contributed by atoms with Crippen LogP contribution >= 0.6 is 0 Å². The minimum atomic E-state index is 0. The van der Waals surface area contributed by atoms with Crippen molar-refractivity contribution < 1.29 is 20.1 Å². The van der Waals surface area contributed by atoms with Crippen molar-refractivity contribution in [2.45, 2.75) is 58.3 Å². The molecule has 0 fully saturated rings. The van der Waals surface area contributed by atoms with Crippen molar-refractivity contribution in [3.8, 4) is 22.4 Å². The summed E-state index contributed by atoms with van der Waals surface area (Å²) >= 11 is 0. The topological polar surface area (TPSA) is 12.9 Å². The summed E-state index contributed by atoms with van der Waals surface area (Å²) in [7, 11) is 0. The van der Waals surface area contributed by atoms with Gasteiger partial charge in [-0.25, -0.2) is 0 Å². The summed E-state index contributed by atoms with van der Waals surface area (Å²) in [5.74, 6) is 0. The van der Waals surface area contributed by atoms with Crippen LogP contribution in [0.3, 0.4) is 0 Å². The second kappa shape index (κ2) is 7.58. The first-order valence-electron chi connectivity index (χ1n) is 9.87.